The van der Waals surface area contributed by atoms with Gasteiger partial charge in [0.15, 0.2) is 0 Å². The number of benzene rings is 1. The van der Waals surface area contributed by atoms with Gasteiger partial charge < -0.3 is 5.32 Å². The monoisotopic (exact) mass is 288 g/mol. The van der Waals surface area contributed by atoms with Gasteiger partial charge in [-0.2, -0.15) is 5.10 Å². The van der Waals surface area contributed by atoms with Crippen LogP contribution < -0.4 is 10.3 Å². The second kappa shape index (κ2) is 6.13. The smallest absolute Gasteiger partial charge is 0.223 e. The minimum absolute atomic E-state index is 0.614. The van der Waals surface area contributed by atoms with Crippen molar-refractivity contribution in [2.75, 3.05) is 11.3 Å². The van der Waals surface area contributed by atoms with Crippen LogP contribution in [0.5, 0.6) is 0 Å². The highest BCUT2D eigenvalue weighted by molar-refractivity contribution is 7.98. The molecule has 4 nitrogen and oxygen atoms in total. The summed E-state index contributed by atoms with van der Waals surface area (Å²) >= 11 is 1.70. The van der Waals surface area contributed by atoms with E-state index in [4.69, 9.17) is 0 Å². The van der Waals surface area contributed by atoms with Crippen molar-refractivity contribution in [3.8, 4) is 0 Å². The van der Waals surface area contributed by atoms with E-state index in [1.54, 1.807) is 18.0 Å². The van der Waals surface area contributed by atoms with Crippen LogP contribution in [0, 0.1) is 0 Å². The Bertz CT molecular complexity index is 565. The molecule has 1 aliphatic heterocycles. The van der Waals surface area contributed by atoms with Gasteiger partial charge in [-0.3, -0.25) is 0 Å². The molecule has 1 aliphatic rings. The number of thioether (sulfide) groups is 1. The van der Waals surface area contributed by atoms with Crippen LogP contribution in [0.3, 0.4) is 0 Å². The average Bonchev–Trinajstić information content (AvgIpc) is 2.44. The normalized spacial score (nSPS) is 21.7. The molecule has 1 aromatic rings. The summed E-state index contributed by atoms with van der Waals surface area (Å²) in [6.45, 7) is 5.95. The maximum Gasteiger partial charge on any atom is 0.223 e. The number of allylic oxidation sites excluding steroid dienone is 2. The summed E-state index contributed by atoms with van der Waals surface area (Å²) in [6, 6.07) is 8.21. The lowest BCUT2D eigenvalue weighted by Crippen LogP contribution is -2.54. The van der Waals surface area contributed by atoms with Gasteiger partial charge in [0.2, 0.25) is 5.79 Å². The van der Waals surface area contributed by atoms with E-state index in [2.05, 4.69) is 33.8 Å². The first kappa shape index (κ1) is 14.7. The van der Waals surface area contributed by atoms with Crippen molar-refractivity contribution in [3.63, 3.8) is 0 Å². The zero-order valence-corrected chi connectivity index (χ0v) is 13.1. The van der Waals surface area contributed by atoms with Gasteiger partial charge >= 0.3 is 0 Å². The number of nitrogens with zero attached hydrogens (tertiary/aromatic N) is 3. The van der Waals surface area contributed by atoms with Crippen LogP contribution in [0.25, 0.3) is 0 Å². The van der Waals surface area contributed by atoms with E-state index in [0.29, 0.717) is 0 Å². The Morgan fingerprint density at radius 1 is 1.40 bits per heavy atom. The lowest BCUT2D eigenvalue weighted by Gasteiger charge is -2.39. The Morgan fingerprint density at radius 3 is 2.80 bits per heavy atom. The van der Waals surface area contributed by atoms with E-state index in [-0.39, 0.29) is 0 Å². The summed E-state index contributed by atoms with van der Waals surface area (Å²) in [5.74, 6) is -0.614. The van der Waals surface area contributed by atoms with Crippen LogP contribution in [0.2, 0.25) is 0 Å². The van der Waals surface area contributed by atoms with Crippen molar-refractivity contribution < 1.29 is 0 Å². The molecular weight excluding hydrogens is 268 g/mol. The first-order chi connectivity index (χ1) is 9.60. The molecule has 106 valence electrons. The molecule has 0 saturated carbocycles. The number of hydrogen-bond donors (Lipinski definition) is 1. The maximum absolute atomic E-state index is 4.57. The predicted octanol–water partition coefficient (Wildman–Crippen LogP) is 3.47. The molecule has 0 fully saturated rings. The summed E-state index contributed by atoms with van der Waals surface area (Å²) in [5.41, 5.74) is 2.11. The number of anilines is 1. The Balaban J connectivity index is 2.47. The van der Waals surface area contributed by atoms with Gasteiger partial charge in [-0.25, -0.2) is 10.0 Å². The summed E-state index contributed by atoms with van der Waals surface area (Å²) in [7, 11) is 0. The zero-order valence-electron chi connectivity index (χ0n) is 12.3. The fourth-order valence-corrected chi connectivity index (χ4v) is 2.76. The second-order valence-corrected chi connectivity index (χ2v) is 5.48. The van der Waals surface area contributed by atoms with E-state index in [1.165, 1.54) is 4.90 Å². The van der Waals surface area contributed by atoms with Crippen molar-refractivity contribution in [1.29, 1.82) is 0 Å². The highest BCUT2D eigenvalue weighted by Crippen LogP contribution is 2.33. The van der Waals surface area contributed by atoms with Gasteiger partial charge in [0, 0.05) is 29.9 Å². The fraction of sp³-hybridized carbons (Fsp3) is 0.333. The number of nitrogens with one attached hydrogen (secondary N) is 1. The number of para-hydroxylation sites is 1. The molecule has 0 aromatic heterocycles. The van der Waals surface area contributed by atoms with E-state index >= 15 is 0 Å². The molecule has 0 aliphatic carbocycles. The van der Waals surface area contributed by atoms with Gasteiger partial charge in [0.1, 0.15) is 0 Å². The van der Waals surface area contributed by atoms with Gasteiger partial charge in [-0.05, 0) is 38.3 Å². The number of hydrogen-bond acceptors (Lipinski definition) is 5. The lowest BCUT2D eigenvalue weighted by molar-refractivity contribution is 0.384. The predicted molar refractivity (Wildman–Crippen MR) is 88.7 cm³/mol. The van der Waals surface area contributed by atoms with Gasteiger partial charge in [0.25, 0.3) is 0 Å². The zero-order chi connectivity index (χ0) is 14.6. The standard InChI is InChI=1S/C15H20N4S/c1-5-17-19(13-8-6-7-9-14(13)20-4)15(3)16-11-10-12(2)18-15/h5-11,18H,1-4H3/b17-5+. The summed E-state index contributed by atoms with van der Waals surface area (Å²) in [6.07, 6.45) is 7.63. The maximum atomic E-state index is 4.57. The molecule has 1 aromatic carbocycles. The molecule has 0 bridgehead atoms. The molecule has 0 spiro atoms. The topological polar surface area (TPSA) is 40.0 Å². The quantitative estimate of drug-likeness (QED) is 0.524. The second-order valence-electron chi connectivity index (χ2n) is 4.63. The lowest BCUT2D eigenvalue weighted by atomic mass is 10.2. The van der Waals surface area contributed by atoms with Crippen molar-refractivity contribution >= 4 is 29.9 Å². The van der Waals surface area contributed by atoms with Crippen molar-refractivity contribution in [1.82, 2.24) is 5.32 Å². The molecule has 1 atom stereocenters. The number of rotatable bonds is 4. The number of aliphatic imine (C=N–C) groups is 1. The summed E-state index contributed by atoms with van der Waals surface area (Å²) in [5, 5.41) is 9.84. The van der Waals surface area contributed by atoms with Crippen LogP contribution >= 0.6 is 11.8 Å². The molecule has 5 heteroatoms. The largest absolute Gasteiger partial charge is 0.347 e. The molecule has 1 heterocycles. The minimum Gasteiger partial charge on any atom is -0.347 e. The van der Waals surface area contributed by atoms with Gasteiger partial charge in [0.05, 0.1) is 5.69 Å². The molecule has 0 amide bonds. The minimum atomic E-state index is -0.614. The molecule has 0 radical (unpaired) electrons. The third kappa shape index (κ3) is 2.88. The van der Waals surface area contributed by atoms with Crippen LogP contribution in [0.15, 0.2) is 51.0 Å². The Hall–Kier alpha value is -1.75. The first-order valence-corrected chi connectivity index (χ1v) is 7.75. The fourth-order valence-electron chi connectivity index (χ4n) is 2.18. The highest BCUT2D eigenvalue weighted by Gasteiger charge is 2.33. The third-order valence-electron chi connectivity index (χ3n) is 3.04. The molecule has 1 unspecified atom stereocenters. The van der Waals surface area contributed by atoms with Crippen LogP contribution in [0.4, 0.5) is 5.69 Å². The molecule has 2 rings (SSSR count). The Kier molecular flexibility index (Phi) is 4.49. The van der Waals surface area contributed by atoms with Gasteiger partial charge in [-0.15, -0.1) is 11.8 Å². The Morgan fingerprint density at radius 2 is 2.15 bits per heavy atom. The van der Waals surface area contributed by atoms with Crippen LogP contribution in [0.1, 0.15) is 20.8 Å². The SMILES string of the molecule is C/C=N/N(c1ccccc1SC)C1(C)N=CC=C(C)N1. The third-order valence-corrected chi connectivity index (χ3v) is 3.83. The van der Waals surface area contributed by atoms with E-state index < -0.39 is 5.79 Å². The Labute approximate surface area is 124 Å². The summed E-state index contributed by atoms with van der Waals surface area (Å²) in [4.78, 5) is 5.74. The van der Waals surface area contributed by atoms with Crippen LogP contribution in [-0.4, -0.2) is 24.5 Å². The average molecular weight is 288 g/mol. The molecule has 1 N–H and O–H groups in total. The van der Waals surface area contributed by atoms with Crippen molar-refractivity contribution in [2.24, 2.45) is 10.1 Å². The highest BCUT2D eigenvalue weighted by atomic mass is 32.2. The number of hydrazone groups is 1. The molecular formula is C15H20N4S. The van der Waals surface area contributed by atoms with Crippen molar-refractivity contribution in [3.05, 3.63) is 36.0 Å². The molecule has 20 heavy (non-hydrogen) atoms. The molecule has 0 saturated heterocycles. The summed E-state index contributed by atoms with van der Waals surface area (Å²) < 4.78 is 0. The van der Waals surface area contributed by atoms with E-state index in [0.717, 1.165) is 11.4 Å². The van der Waals surface area contributed by atoms with Crippen LogP contribution in [-0.2, 0) is 0 Å². The van der Waals surface area contributed by atoms with E-state index in [9.17, 15) is 0 Å². The van der Waals surface area contributed by atoms with E-state index in [1.807, 2.05) is 50.2 Å². The van der Waals surface area contributed by atoms with Gasteiger partial charge in [-0.1, -0.05) is 12.1 Å². The van der Waals surface area contributed by atoms with Crippen molar-refractivity contribution in [2.45, 2.75) is 31.5 Å². The first-order valence-electron chi connectivity index (χ1n) is 6.53.